The molecule has 0 saturated carbocycles. The number of benzene rings is 1. The summed E-state index contributed by atoms with van der Waals surface area (Å²) in [5, 5.41) is 4.33. The summed E-state index contributed by atoms with van der Waals surface area (Å²) in [4.78, 5) is 12.1. The molecule has 0 fully saturated rings. The lowest BCUT2D eigenvalue weighted by Gasteiger charge is -2.06. The van der Waals surface area contributed by atoms with Gasteiger partial charge in [-0.25, -0.2) is 5.43 Å². The van der Waals surface area contributed by atoms with Gasteiger partial charge in [0.2, 0.25) is 0 Å². The van der Waals surface area contributed by atoms with Gasteiger partial charge in [0.05, 0.1) is 11.3 Å². The number of halogens is 1. The van der Waals surface area contributed by atoms with E-state index in [0.717, 1.165) is 29.4 Å². The zero-order valence-corrected chi connectivity index (χ0v) is 13.9. The Morgan fingerprint density at radius 1 is 1.33 bits per heavy atom. The predicted octanol–water partition coefficient (Wildman–Crippen LogP) is 4.84. The average Bonchev–Trinajstić information content (AvgIpc) is 2.93. The number of allylic oxidation sites excluding steroid dienone is 2. The van der Waals surface area contributed by atoms with Crippen molar-refractivity contribution in [3.63, 3.8) is 0 Å². The molecule has 0 aromatic heterocycles. The van der Waals surface area contributed by atoms with Crippen LogP contribution >= 0.6 is 15.9 Å². The van der Waals surface area contributed by atoms with Gasteiger partial charge in [0.15, 0.2) is 0 Å². The number of hydrazone groups is 1. The van der Waals surface area contributed by atoms with Crippen molar-refractivity contribution in [3.05, 3.63) is 46.0 Å². The summed E-state index contributed by atoms with van der Waals surface area (Å²) in [5.41, 5.74) is 5.62. The minimum atomic E-state index is -0.171. The number of nitrogens with one attached hydrogen (secondary N) is 1. The topological polar surface area (TPSA) is 41.5 Å². The number of rotatable bonds is 6. The summed E-state index contributed by atoms with van der Waals surface area (Å²) in [6.07, 6.45) is 8.94. The van der Waals surface area contributed by atoms with Crippen molar-refractivity contribution >= 4 is 27.5 Å². The maximum atomic E-state index is 12.1. The molecule has 4 heteroatoms. The zero-order valence-electron chi connectivity index (χ0n) is 12.4. The molecule has 0 unspecified atom stereocenters. The Morgan fingerprint density at radius 2 is 2.14 bits per heavy atom. The van der Waals surface area contributed by atoms with E-state index in [4.69, 9.17) is 0 Å². The number of carbonyl (C=O) groups excluding carboxylic acids is 1. The molecule has 1 amide bonds. The summed E-state index contributed by atoms with van der Waals surface area (Å²) >= 11 is 3.38. The van der Waals surface area contributed by atoms with Gasteiger partial charge in [-0.1, -0.05) is 38.0 Å². The first-order valence-electron chi connectivity index (χ1n) is 7.53. The van der Waals surface area contributed by atoms with Gasteiger partial charge in [-0.2, -0.15) is 5.10 Å². The van der Waals surface area contributed by atoms with Crippen molar-refractivity contribution < 1.29 is 4.79 Å². The second-order valence-corrected chi connectivity index (χ2v) is 6.06. The molecule has 0 spiro atoms. The van der Waals surface area contributed by atoms with E-state index >= 15 is 0 Å². The van der Waals surface area contributed by atoms with Gasteiger partial charge in [-0.05, 0) is 59.3 Å². The largest absolute Gasteiger partial charge is 0.272 e. The third-order valence-electron chi connectivity index (χ3n) is 3.60. The smallest absolute Gasteiger partial charge is 0.267 e. The fourth-order valence-electron chi connectivity index (χ4n) is 2.42. The Morgan fingerprint density at radius 3 is 2.90 bits per heavy atom. The minimum absolute atomic E-state index is 0.171. The molecule has 3 nitrogen and oxygen atoms in total. The molecule has 0 atom stereocenters. The number of hydrogen-bond donors (Lipinski definition) is 1. The Bertz CT molecular complexity index is 564. The maximum absolute atomic E-state index is 12.1. The highest BCUT2D eigenvalue weighted by Crippen LogP contribution is 2.21. The van der Waals surface area contributed by atoms with Crippen molar-refractivity contribution in [2.75, 3.05) is 0 Å². The Kier molecular flexibility index (Phi) is 6.18. The third-order valence-corrected chi connectivity index (χ3v) is 4.29. The second-order valence-electron chi connectivity index (χ2n) is 5.20. The molecule has 1 aliphatic rings. The summed E-state index contributed by atoms with van der Waals surface area (Å²) in [6.45, 7) is 2.20. The molecule has 0 heterocycles. The molecule has 0 saturated heterocycles. The second kappa shape index (κ2) is 8.13. The van der Waals surface area contributed by atoms with E-state index in [1.807, 2.05) is 18.2 Å². The van der Waals surface area contributed by atoms with Crippen molar-refractivity contribution in [1.82, 2.24) is 5.43 Å². The van der Waals surface area contributed by atoms with Gasteiger partial charge in [0.1, 0.15) is 0 Å². The first-order valence-corrected chi connectivity index (χ1v) is 8.32. The van der Waals surface area contributed by atoms with Crippen LogP contribution in [-0.2, 0) is 0 Å². The van der Waals surface area contributed by atoms with E-state index in [1.165, 1.54) is 24.8 Å². The van der Waals surface area contributed by atoms with Crippen LogP contribution in [0.2, 0.25) is 0 Å². The fourth-order valence-corrected chi connectivity index (χ4v) is 2.89. The summed E-state index contributed by atoms with van der Waals surface area (Å²) in [6, 6.07) is 7.37. The first-order chi connectivity index (χ1) is 10.2. The lowest BCUT2D eigenvalue weighted by Crippen LogP contribution is -2.20. The first kappa shape index (κ1) is 16.0. The Labute approximate surface area is 134 Å². The van der Waals surface area contributed by atoms with Gasteiger partial charge < -0.3 is 0 Å². The summed E-state index contributed by atoms with van der Waals surface area (Å²) in [7, 11) is 0. The van der Waals surface area contributed by atoms with Crippen LogP contribution in [-0.4, -0.2) is 11.6 Å². The van der Waals surface area contributed by atoms with E-state index in [2.05, 4.69) is 39.5 Å². The van der Waals surface area contributed by atoms with Crippen molar-refractivity contribution in [1.29, 1.82) is 0 Å². The highest BCUT2D eigenvalue weighted by Gasteiger charge is 2.14. The third kappa shape index (κ3) is 4.53. The van der Waals surface area contributed by atoms with Crippen molar-refractivity contribution in [2.24, 2.45) is 5.10 Å². The van der Waals surface area contributed by atoms with Gasteiger partial charge in [-0.15, -0.1) is 0 Å². The van der Waals surface area contributed by atoms with E-state index in [0.29, 0.717) is 5.56 Å². The van der Waals surface area contributed by atoms with Crippen LogP contribution in [0.5, 0.6) is 0 Å². The van der Waals surface area contributed by atoms with Crippen LogP contribution in [0.3, 0.4) is 0 Å². The maximum Gasteiger partial charge on any atom is 0.272 e. The Balaban J connectivity index is 1.96. The molecule has 0 aliphatic heterocycles. The molecule has 21 heavy (non-hydrogen) atoms. The molecule has 1 aliphatic carbocycles. The van der Waals surface area contributed by atoms with E-state index in [9.17, 15) is 4.79 Å². The summed E-state index contributed by atoms with van der Waals surface area (Å²) < 4.78 is 0.785. The Hall–Kier alpha value is -1.42. The predicted molar refractivity (Wildman–Crippen MR) is 90.5 cm³/mol. The van der Waals surface area contributed by atoms with Gasteiger partial charge >= 0.3 is 0 Å². The number of hydrogen-bond acceptors (Lipinski definition) is 2. The van der Waals surface area contributed by atoms with Gasteiger partial charge in [-0.3, -0.25) is 4.79 Å². The lowest BCUT2D eigenvalue weighted by atomic mass is 10.1. The standard InChI is InChI=1S/C17H21BrN2O/c1-2-3-4-8-13-9-7-12-16(13)19-20-17(21)14-10-5-6-11-15(14)18/h5-6,9-11H,2-4,7-8,12H2,1H3,(H,20,21)/b19-16+. The number of unbranched alkanes of at least 4 members (excludes halogenated alkanes) is 2. The van der Waals surface area contributed by atoms with E-state index in [-0.39, 0.29) is 5.91 Å². The van der Waals surface area contributed by atoms with Crippen molar-refractivity contribution in [3.8, 4) is 0 Å². The van der Waals surface area contributed by atoms with Gasteiger partial charge in [0, 0.05) is 4.47 Å². The highest BCUT2D eigenvalue weighted by molar-refractivity contribution is 9.10. The van der Waals surface area contributed by atoms with Crippen LogP contribution in [0.4, 0.5) is 0 Å². The minimum Gasteiger partial charge on any atom is -0.267 e. The van der Waals surface area contributed by atoms with E-state index in [1.54, 1.807) is 6.07 Å². The molecule has 1 aromatic rings. The van der Waals surface area contributed by atoms with Crippen LogP contribution in [0.15, 0.2) is 45.5 Å². The van der Waals surface area contributed by atoms with Crippen molar-refractivity contribution in [2.45, 2.75) is 45.4 Å². The molecule has 0 radical (unpaired) electrons. The molecule has 0 bridgehead atoms. The molecule has 2 rings (SSSR count). The van der Waals surface area contributed by atoms with Crippen LogP contribution in [0.25, 0.3) is 0 Å². The quantitative estimate of drug-likeness (QED) is 0.580. The number of nitrogens with zero attached hydrogens (tertiary/aromatic N) is 1. The zero-order chi connectivity index (χ0) is 15.1. The van der Waals surface area contributed by atoms with Crippen LogP contribution in [0, 0.1) is 0 Å². The van der Waals surface area contributed by atoms with Crippen LogP contribution in [0.1, 0.15) is 55.8 Å². The fraction of sp³-hybridized carbons (Fsp3) is 0.412. The molecular weight excluding hydrogens is 328 g/mol. The monoisotopic (exact) mass is 348 g/mol. The summed E-state index contributed by atoms with van der Waals surface area (Å²) in [5.74, 6) is -0.171. The lowest BCUT2D eigenvalue weighted by molar-refractivity contribution is 0.0954. The SMILES string of the molecule is CCCCCC1=CCC/C1=N\NC(=O)c1ccccc1Br. The molecular formula is C17H21BrN2O. The molecule has 1 N–H and O–H groups in total. The number of amides is 1. The molecule has 112 valence electrons. The van der Waals surface area contributed by atoms with Gasteiger partial charge in [0.25, 0.3) is 5.91 Å². The highest BCUT2D eigenvalue weighted by atomic mass is 79.9. The van der Waals surface area contributed by atoms with E-state index < -0.39 is 0 Å². The number of carbonyl (C=O) groups is 1. The normalized spacial score (nSPS) is 16.1. The molecule has 1 aromatic carbocycles. The van der Waals surface area contributed by atoms with Crippen LogP contribution < -0.4 is 5.43 Å². The average molecular weight is 349 g/mol.